The minimum atomic E-state index is -0.716. The van der Waals surface area contributed by atoms with Crippen molar-refractivity contribution in [2.45, 2.75) is 84.4 Å². The number of anilines is 1. The van der Waals surface area contributed by atoms with E-state index >= 15 is 0 Å². The molecule has 1 aromatic rings. The molecule has 0 spiro atoms. The minimum Gasteiger partial charge on any atom is -0.444 e. The predicted octanol–water partition coefficient (Wildman–Crippen LogP) is 2.88. The van der Waals surface area contributed by atoms with Crippen molar-refractivity contribution in [3.63, 3.8) is 0 Å². The highest BCUT2D eigenvalue weighted by molar-refractivity contribution is 5.86. The molecule has 1 saturated heterocycles. The summed E-state index contributed by atoms with van der Waals surface area (Å²) in [4.78, 5) is 50.7. The molecule has 3 amide bonds. The second-order valence-corrected chi connectivity index (χ2v) is 10.3. The molecule has 2 heterocycles. The van der Waals surface area contributed by atoms with Gasteiger partial charge in [0.15, 0.2) is 0 Å². The van der Waals surface area contributed by atoms with Gasteiger partial charge in [0.2, 0.25) is 11.8 Å². The first-order valence-corrected chi connectivity index (χ1v) is 11.7. The molecule has 1 saturated carbocycles. The summed E-state index contributed by atoms with van der Waals surface area (Å²) in [7, 11) is 0. The van der Waals surface area contributed by atoms with Crippen molar-refractivity contribution in [1.82, 2.24) is 15.2 Å². The average Bonchev–Trinajstić information content (AvgIpc) is 3.43. The van der Waals surface area contributed by atoms with Crippen LogP contribution in [0, 0.1) is 18.8 Å². The largest absolute Gasteiger partial charge is 0.444 e. The highest BCUT2D eigenvalue weighted by Crippen LogP contribution is 2.37. The third kappa shape index (κ3) is 6.82. The summed E-state index contributed by atoms with van der Waals surface area (Å²) in [5.74, 6) is 0.0706. The second-order valence-electron chi connectivity index (χ2n) is 10.3. The Morgan fingerprint density at radius 1 is 1.21 bits per heavy atom. The summed E-state index contributed by atoms with van der Waals surface area (Å²) in [6, 6.07) is 0.825. The Morgan fingerprint density at radius 3 is 2.48 bits per heavy atom. The molecule has 1 aromatic heterocycles. The van der Waals surface area contributed by atoms with Crippen molar-refractivity contribution in [3.8, 4) is 0 Å². The Labute approximate surface area is 194 Å². The number of hydrogen-bond acceptors (Lipinski definition) is 5. The fourth-order valence-electron chi connectivity index (χ4n) is 4.15. The van der Waals surface area contributed by atoms with Gasteiger partial charge in [-0.2, -0.15) is 0 Å². The van der Waals surface area contributed by atoms with Crippen molar-refractivity contribution in [3.05, 3.63) is 28.2 Å². The number of pyridine rings is 1. The molecule has 0 radical (unpaired) electrons. The van der Waals surface area contributed by atoms with Gasteiger partial charge >= 0.3 is 6.09 Å². The summed E-state index contributed by atoms with van der Waals surface area (Å²) in [5.41, 5.74) is -0.444. The molecule has 2 aliphatic rings. The van der Waals surface area contributed by atoms with Crippen molar-refractivity contribution in [1.29, 1.82) is 0 Å². The summed E-state index contributed by atoms with van der Waals surface area (Å²) in [6.45, 7) is 9.51. The van der Waals surface area contributed by atoms with Gasteiger partial charge in [0, 0.05) is 24.7 Å². The third-order valence-corrected chi connectivity index (χ3v) is 6.04. The Bertz CT molecular complexity index is 961. The lowest BCUT2D eigenvalue weighted by molar-refractivity contribution is -0.126. The van der Waals surface area contributed by atoms with E-state index in [1.54, 1.807) is 40.0 Å². The summed E-state index contributed by atoms with van der Waals surface area (Å²) < 4.78 is 6.69. The van der Waals surface area contributed by atoms with Gasteiger partial charge in [-0.25, -0.2) is 4.79 Å². The van der Waals surface area contributed by atoms with Crippen molar-refractivity contribution in [2.24, 2.45) is 11.8 Å². The zero-order valence-corrected chi connectivity index (χ0v) is 20.2. The molecule has 33 heavy (non-hydrogen) atoms. The number of nitrogens with one attached hydrogen (secondary N) is 3. The molecule has 3 atom stereocenters. The maximum Gasteiger partial charge on any atom is 0.412 e. The van der Waals surface area contributed by atoms with Crippen LogP contribution in [0.3, 0.4) is 0 Å². The monoisotopic (exact) mass is 460 g/mol. The van der Waals surface area contributed by atoms with Gasteiger partial charge < -0.3 is 19.9 Å². The number of carbonyl (C=O) groups excluding carboxylic acids is 3. The van der Waals surface area contributed by atoms with Crippen LogP contribution in [-0.4, -0.2) is 40.7 Å². The van der Waals surface area contributed by atoms with E-state index in [-0.39, 0.29) is 29.5 Å². The first kappa shape index (κ1) is 24.8. The van der Waals surface area contributed by atoms with Gasteiger partial charge in [-0.15, -0.1) is 0 Å². The highest BCUT2D eigenvalue weighted by atomic mass is 16.6. The molecule has 9 nitrogen and oxygen atoms in total. The van der Waals surface area contributed by atoms with Crippen LogP contribution in [0.15, 0.2) is 17.1 Å². The number of nitrogens with zero attached hydrogens (tertiary/aromatic N) is 1. The molecular weight excluding hydrogens is 424 g/mol. The molecule has 0 unspecified atom stereocenters. The molecular formula is C24H36N4O5. The number of amides is 3. The molecule has 1 aliphatic carbocycles. The Balaban J connectivity index is 1.78. The molecule has 3 rings (SSSR count). The fourth-order valence-corrected chi connectivity index (χ4v) is 4.15. The lowest BCUT2D eigenvalue weighted by Crippen LogP contribution is -2.43. The topological polar surface area (TPSA) is 119 Å². The zero-order valence-electron chi connectivity index (χ0n) is 20.2. The van der Waals surface area contributed by atoms with Crippen LogP contribution in [0.4, 0.5) is 10.5 Å². The Morgan fingerprint density at radius 2 is 1.91 bits per heavy atom. The highest BCUT2D eigenvalue weighted by Gasteiger charge is 2.33. The Hall–Kier alpha value is -2.84. The van der Waals surface area contributed by atoms with E-state index in [0.29, 0.717) is 30.9 Å². The van der Waals surface area contributed by atoms with E-state index in [0.717, 1.165) is 19.3 Å². The van der Waals surface area contributed by atoms with Gasteiger partial charge in [-0.05, 0) is 71.4 Å². The number of aryl methyl sites for hydroxylation is 1. The maximum atomic E-state index is 13.3. The summed E-state index contributed by atoms with van der Waals surface area (Å²) in [6.07, 6.45) is 4.84. The molecule has 9 heteroatoms. The lowest BCUT2D eigenvalue weighted by Gasteiger charge is -2.24. The Kier molecular flexibility index (Phi) is 7.49. The van der Waals surface area contributed by atoms with Gasteiger partial charge in [0.05, 0.1) is 0 Å². The van der Waals surface area contributed by atoms with Crippen molar-refractivity contribution in [2.75, 3.05) is 11.9 Å². The normalized spacial score (nSPS) is 20.0. The van der Waals surface area contributed by atoms with Crippen LogP contribution in [0.1, 0.15) is 71.4 Å². The van der Waals surface area contributed by atoms with Gasteiger partial charge in [-0.3, -0.25) is 19.7 Å². The van der Waals surface area contributed by atoms with Crippen LogP contribution in [0.5, 0.6) is 0 Å². The number of aromatic nitrogens is 1. The number of rotatable bonds is 8. The summed E-state index contributed by atoms with van der Waals surface area (Å²) in [5, 5.41) is 8.38. The lowest BCUT2D eigenvalue weighted by atomic mass is 9.99. The minimum absolute atomic E-state index is 0.0262. The molecule has 0 bridgehead atoms. The molecule has 0 aromatic carbocycles. The van der Waals surface area contributed by atoms with Crippen molar-refractivity contribution >= 4 is 23.6 Å². The smallest absolute Gasteiger partial charge is 0.412 e. The van der Waals surface area contributed by atoms with Gasteiger partial charge in [0.25, 0.3) is 5.56 Å². The molecule has 3 N–H and O–H groups in total. The van der Waals surface area contributed by atoms with Crippen LogP contribution < -0.4 is 21.5 Å². The van der Waals surface area contributed by atoms with Gasteiger partial charge in [-0.1, -0.05) is 12.8 Å². The number of carbonyl (C=O) groups is 3. The zero-order chi connectivity index (χ0) is 24.3. The maximum absolute atomic E-state index is 13.3. The van der Waals surface area contributed by atoms with Crippen LogP contribution in [-0.2, 0) is 14.3 Å². The first-order valence-electron chi connectivity index (χ1n) is 11.7. The van der Waals surface area contributed by atoms with Crippen LogP contribution in [0.2, 0.25) is 0 Å². The number of hydrogen-bond donors (Lipinski definition) is 3. The van der Waals surface area contributed by atoms with E-state index in [1.165, 1.54) is 4.57 Å². The standard InChI is InChI=1S/C24H36N4O5/c1-14-9-11-28(22(31)19(14)27-23(32)33-24(3,4)5)18(13-16-6-7-16)21(30)26-15(2)12-17-8-10-25-20(17)29/h9,11,15-18H,6-8,10,12-13H2,1-5H3,(H,25,29)(H,26,30)(H,27,32)/t15-,17+,18-/m1/s1. The summed E-state index contributed by atoms with van der Waals surface area (Å²) >= 11 is 0. The van der Waals surface area contributed by atoms with E-state index in [4.69, 9.17) is 4.74 Å². The van der Waals surface area contributed by atoms with E-state index < -0.39 is 23.3 Å². The van der Waals surface area contributed by atoms with Crippen LogP contribution in [0.25, 0.3) is 0 Å². The predicted molar refractivity (Wildman–Crippen MR) is 125 cm³/mol. The van der Waals surface area contributed by atoms with E-state index in [2.05, 4.69) is 16.0 Å². The van der Waals surface area contributed by atoms with Gasteiger partial charge in [0.1, 0.15) is 17.3 Å². The molecule has 2 fully saturated rings. The number of ether oxygens (including phenoxy) is 1. The third-order valence-electron chi connectivity index (χ3n) is 6.04. The first-order chi connectivity index (χ1) is 15.4. The quantitative estimate of drug-likeness (QED) is 0.551. The molecule has 182 valence electrons. The van der Waals surface area contributed by atoms with Crippen molar-refractivity contribution < 1.29 is 19.1 Å². The van der Waals surface area contributed by atoms with E-state index in [9.17, 15) is 19.2 Å². The van der Waals surface area contributed by atoms with Crippen LogP contribution >= 0.6 is 0 Å². The SMILES string of the molecule is Cc1ccn([C@H](CC2CC2)C(=O)N[C@H](C)C[C@@H]2CCNC2=O)c(=O)c1NC(=O)OC(C)(C)C. The molecule has 1 aliphatic heterocycles. The average molecular weight is 461 g/mol. The fraction of sp³-hybridized carbons (Fsp3) is 0.667. The second kappa shape index (κ2) is 9.97. The van der Waals surface area contributed by atoms with E-state index in [1.807, 2.05) is 6.92 Å².